The van der Waals surface area contributed by atoms with Crippen molar-refractivity contribution in [3.05, 3.63) is 0 Å². The first-order valence-electron chi connectivity index (χ1n) is 7.06. The summed E-state index contributed by atoms with van der Waals surface area (Å²) < 4.78 is 12.8. The van der Waals surface area contributed by atoms with Gasteiger partial charge in [0.1, 0.15) is 0 Å². The van der Waals surface area contributed by atoms with Crippen molar-refractivity contribution in [2.75, 3.05) is 11.5 Å². The van der Waals surface area contributed by atoms with Crippen LogP contribution in [0.2, 0.25) is 0 Å². The molecule has 1 nitrogen and oxygen atoms in total. The van der Waals surface area contributed by atoms with E-state index in [1.54, 1.807) is 0 Å². The molecule has 2 aliphatic rings. The fourth-order valence-electron chi connectivity index (χ4n) is 2.94. The number of terminal acetylenes is 1. The molecule has 3 atom stereocenters. The van der Waals surface area contributed by atoms with Crippen molar-refractivity contribution in [3.63, 3.8) is 0 Å². The first-order valence-corrected chi connectivity index (χ1v) is 9.49. The van der Waals surface area contributed by atoms with E-state index in [0.717, 1.165) is 18.6 Å². The highest BCUT2D eigenvalue weighted by atomic mass is 32.2. The molecule has 1 heterocycles. The summed E-state index contributed by atoms with van der Waals surface area (Å²) in [5, 5.41) is 0. The molecule has 0 bridgehead atoms. The number of hydrogen-bond acceptors (Lipinski definition) is 2. The zero-order valence-electron chi connectivity index (χ0n) is 11.4. The van der Waals surface area contributed by atoms with E-state index in [9.17, 15) is 4.21 Å². The van der Waals surface area contributed by atoms with Gasteiger partial charge in [-0.3, -0.25) is 4.21 Å². The lowest BCUT2D eigenvalue weighted by Gasteiger charge is -2.36. The Bertz CT molecular complexity index is 337. The molecule has 0 radical (unpaired) electrons. The third-order valence-corrected chi connectivity index (χ3v) is 8.49. The van der Waals surface area contributed by atoms with Gasteiger partial charge in [-0.25, -0.2) is 0 Å². The van der Waals surface area contributed by atoms with Crippen LogP contribution in [0.25, 0.3) is 0 Å². The second-order valence-corrected chi connectivity index (χ2v) is 9.11. The van der Waals surface area contributed by atoms with Crippen LogP contribution in [-0.4, -0.2) is 20.3 Å². The monoisotopic (exact) mass is 284 g/mol. The SMILES string of the molecule is C#CC1CCC([C@H]2SC[C@H](C(C)C)CS2=O)CC1. The van der Waals surface area contributed by atoms with Crippen molar-refractivity contribution in [1.29, 1.82) is 0 Å². The molecule has 2 rings (SSSR count). The van der Waals surface area contributed by atoms with Crippen molar-refractivity contribution < 1.29 is 4.21 Å². The van der Waals surface area contributed by atoms with E-state index in [1.165, 1.54) is 18.6 Å². The number of rotatable bonds is 2. The maximum Gasteiger partial charge on any atom is 0.0829 e. The highest BCUT2D eigenvalue weighted by Gasteiger charge is 2.36. The minimum atomic E-state index is -0.628. The summed E-state index contributed by atoms with van der Waals surface area (Å²) in [5.41, 5.74) is 0. The summed E-state index contributed by atoms with van der Waals surface area (Å²) in [6.45, 7) is 4.50. The maximum absolute atomic E-state index is 12.4. The Hall–Kier alpha value is 0.0600. The summed E-state index contributed by atoms with van der Waals surface area (Å²) in [4.78, 5) is 0. The zero-order valence-corrected chi connectivity index (χ0v) is 13.1. The van der Waals surface area contributed by atoms with Crippen molar-refractivity contribution >= 4 is 22.6 Å². The molecule has 1 unspecified atom stereocenters. The Morgan fingerprint density at radius 3 is 2.44 bits per heavy atom. The Morgan fingerprint density at radius 2 is 1.94 bits per heavy atom. The van der Waals surface area contributed by atoms with E-state index >= 15 is 0 Å². The molecule has 0 aromatic carbocycles. The van der Waals surface area contributed by atoms with Gasteiger partial charge in [-0.1, -0.05) is 13.8 Å². The van der Waals surface area contributed by atoms with Gasteiger partial charge in [0, 0.05) is 22.5 Å². The molecule has 0 aromatic rings. The lowest BCUT2D eigenvalue weighted by molar-refractivity contribution is 0.330. The van der Waals surface area contributed by atoms with Crippen LogP contribution in [0.15, 0.2) is 0 Å². The van der Waals surface area contributed by atoms with Gasteiger partial charge in [-0.15, -0.1) is 24.1 Å². The largest absolute Gasteiger partial charge is 0.258 e. The molecular formula is C15H24OS2. The normalized spacial score (nSPS) is 41.6. The van der Waals surface area contributed by atoms with Gasteiger partial charge < -0.3 is 0 Å². The topological polar surface area (TPSA) is 17.1 Å². The van der Waals surface area contributed by atoms with Gasteiger partial charge in [-0.05, 0) is 49.2 Å². The molecule has 0 spiro atoms. The predicted molar refractivity (Wildman–Crippen MR) is 81.9 cm³/mol. The van der Waals surface area contributed by atoms with Crippen molar-refractivity contribution in [2.45, 2.75) is 44.1 Å². The number of thioether (sulfide) groups is 1. The van der Waals surface area contributed by atoms with Gasteiger partial charge in [-0.2, -0.15) is 0 Å². The number of hydrogen-bond donors (Lipinski definition) is 0. The van der Waals surface area contributed by atoms with E-state index < -0.39 is 10.8 Å². The fourth-order valence-corrected chi connectivity index (χ4v) is 7.47. The molecule has 1 aliphatic carbocycles. The lowest BCUT2D eigenvalue weighted by Crippen LogP contribution is -2.36. The third kappa shape index (κ3) is 3.33. The lowest BCUT2D eigenvalue weighted by atomic mass is 9.83. The van der Waals surface area contributed by atoms with E-state index in [2.05, 4.69) is 19.8 Å². The molecule has 0 amide bonds. The minimum Gasteiger partial charge on any atom is -0.258 e. The molecular weight excluding hydrogens is 260 g/mol. The van der Waals surface area contributed by atoms with Crippen LogP contribution in [0.4, 0.5) is 0 Å². The Morgan fingerprint density at radius 1 is 1.28 bits per heavy atom. The van der Waals surface area contributed by atoms with E-state index in [-0.39, 0.29) is 0 Å². The van der Waals surface area contributed by atoms with Crippen LogP contribution in [0.5, 0.6) is 0 Å². The molecule has 3 heteroatoms. The van der Waals surface area contributed by atoms with Crippen LogP contribution >= 0.6 is 11.8 Å². The molecule has 1 saturated heterocycles. The van der Waals surface area contributed by atoms with E-state index in [0.29, 0.717) is 28.3 Å². The molecule has 0 N–H and O–H groups in total. The van der Waals surface area contributed by atoms with E-state index in [4.69, 9.17) is 6.42 Å². The molecule has 1 aliphatic heterocycles. The summed E-state index contributed by atoms with van der Waals surface area (Å²) in [6, 6.07) is 0. The van der Waals surface area contributed by atoms with E-state index in [1.807, 2.05) is 11.8 Å². The highest BCUT2D eigenvalue weighted by Crippen LogP contribution is 2.41. The van der Waals surface area contributed by atoms with Crippen LogP contribution in [0.3, 0.4) is 0 Å². The van der Waals surface area contributed by atoms with Gasteiger partial charge in [0.2, 0.25) is 0 Å². The van der Waals surface area contributed by atoms with Crippen LogP contribution in [0, 0.1) is 36.0 Å². The fraction of sp³-hybridized carbons (Fsp3) is 0.867. The molecule has 1 saturated carbocycles. The first-order chi connectivity index (χ1) is 8.61. The second-order valence-electron chi connectivity index (χ2n) is 6.03. The molecule has 2 fully saturated rings. The van der Waals surface area contributed by atoms with Crippen molar-refractivity contribution in [2.24, 2.45) is 23.7 Å². The van der Waals surface area contributed by atoms with Crippen LogP contribution in [-0.2, 0) is 10.8 Å². The van der Waals surface area contributed by atoms with Crippen LogP contribution < -0.4 is 0 Å². The quantitative estimate of drug-likeness (QED) is 0.722. The van der Waals surface area contributed by atoms with Crippen molar-refractivity contribution in [1.82, 2.24) is 0 Å². The van der Waals surface area contributed by atoms with Crippen molar-refractivity contribution in [3.8, 4) is 12.3 Å². The average Bonchev–Trinajstić information content (AvgIpc) is 2.38. The van der Waals surface area contributed by atoms with Gasteiger partial charge >= 0.3 is 0 Å². The smallest absolute Gasteiger partial charge is 0.0829 e. The molecule has 0 aromatic heterocycles. The van der Waals surface area contributed by atoms with Gasteiger partial charge in [0.05, 0.1) is 4.58 Å². The molecule has 102 valence electrons. The minimum absolute atomic E-state index is 0.388. The zero-order chi connectivity index (χ0) is 13.1. The Labute approximate surface area is 118 Å². The second kappa shape index (κ2) is 6.48. The Kier molecular flexibility index (Phi) is 5.21. The standard InChI is InChI=1S/C15H24OS2/c1-4-12-5-7-13(8-6-12)15-17-9-14(11(2)3)10-18(15)16/h1,11-15H,5-10H2,2-3H3/t12?,13?,14-,15-,18?/m0/s1. The van der Waals surface area contributed by atoms with Crippen LogP contribution in [0.1, 0.15) is 39.5 Å². The summed E-state index contributed by atoms with van der Waals surface area (Å²) >= 11 is 1.97. The first kappa shape index (κ1) is 14.5. The summed E-state index contributed by atoms with van der Waals surface area (Å²) in [6.07, 6.45) is 10.1. The summed E-state index contributed by atoms with van der Waals surface area (Å²) in [7, 11) is -0.628. The highest BCUT2D eigenvalue weighted by molar-refractivity contribution is 8.11. The molecule has 18 heavy (non-hydrogen) atoms. The average molecular weight is 284 g/mol. The predicted octanol–water partition coefficient (Wildman–Crippen LogP) is 3.52. The van der Waals surface area contributed by atoms with Gasteiger partial charge in [0.25, 0.3) is 0 Å². The Balaban J connectivity index is 1.88. The van der Waals surface area contributed by atoms with Gasteiger partial charge in [0.15, 0.2) is 0 Å². The third-order valence-electron chi connectivity index (χ3n) is 4.45. The maximum atomic E-state index is 12.4. The summed E-state index contributed by atoms with van der Waals surface area (Å²) in [5.74, 6) is 7.44.